The Kier molecular flexibility index (Phi) is 9.26. The number of rotatable bonds is 9. The average molecular weight is 494 g/mol. The van der Waals surface area contributed by atoms with E-state index in [0.717, 1.165) is 5.56 Å². The number of hydrogen-bond acceptors (Lipinski definition) is 6. The smallest absolute Gasteiger partial charge is 0.350 e. The number of nitrogens with zero attached hydrogens (tertiary/aromatic N) is 1. The van der Waals surface area contributed by atoms with E-state index in [1.807, 2.05) is 50.3 Å². The van der Waals surface area contributed by atoms with E-state index in [1.54, 1.807) is 26.8 Å². The monoisotopic (exact) mass is 493 g/mol. The zero-order valence-corrected chi connectivity index (χ0v) is 21.2. The third-order valence-corrected chi connectivity index (χ3v) is 6.60. The van der Waals surface area contributed by atoms with Crippen LogP contribution in [0.1, 0.15) is 53.0 Å². The molecule has 9 nitrogen and oxygen atoms in total. The predicted octanol–water partition coefficient (Wildman–Crippen LogP) is 3.10. The standard InChI is InChI=1S/C24H35N3O6S/c1-17(2)16-20(21(28)26-27-23(30)25-14-15-34(27,31)32)19(22(29)33-24(3,4)5)13-9-12-18-10-7-6-8-11-18/h6-12,17,19-20H,13-16H2,1-5H3,(H,25,30)(H,26,28)/t19-,20-/m0/s1. The topological polar surface area (TPSA) is 122 Å². The van der Waals surface area contributed by atoms with Crippen molar-refractivity contribution in [1.82, 2.24) is 15.2 Å². The summed E-state index contributed by atoms with van der Waals surface area (Å²) in [5.41, 5.74) is 2.40. The minimum absolute atomic E-state index is 0.0191. The van der Waals surface area contributed by atoms with E-state index in [4.69, 9.17) is 4.74 Å². The fraction of sp³-hybridized carbons (Fsp3) is 0.542. The molecule has 0 aliphatic carbocycles. The molecule has 0 aromatic heterocycles. The summed E-state index contributed by atoms with van der Waals surface area (Å²) in [6.07, 6.45) is 4.15. The molecule has 1 fully saturated rings. The molecule has 0 unspecified atom stereocenters. The summed E-state index contributed by atoms with van der Waals surface area (Å²) >= 11 is 0. The highest BCUT2D eigenvalue weighted by Gasteiger charge is 2.40. The number of carbonyl (C=O) groups excluding carboxylic acids is 3. The summed E-state index contributed by atoms with van der Waals surface area (Å²) in [5, 5.41) is 2.40. The highest BCUT2D eigenvalue weighted by molar-refractivity contribution is 7.89. The van der Waals surface area contributed by atoms with Crippen LogP contribution in [0.5, 0.6) is 0 Å². The van der Waals surface area contributed by atoms with E-state index in [1.165, 1.54) is 0 Å². The van der Waals surface area contributed by atoms with Crippen LogP contribution >= 0.6 is 0 Å². The number of ether oxygens (including phenoxy) is 1. The van der Waals surface area contributed by atoms with Gasteiger partial charge < -0.3 is 10.1 Å². The second-order valence-electron chi connectivity index (χ2n) is 9.71. The van der Waals surface area contributed by atoms with E-state index in [2.05, 4.69) is 10.7 Å². The van der Waals surface area contributed by atoms with Gasteiger partial charge in [0.1, 0.15) is 5.60 Å². The molecule has 34 heavy (non-hydrogen) atoms. The highest BCUT2D eigenvalue weighted by atomic mass is 32.2. The lowest BCUT2D eigenvalue weighted by atomic mass is 9.82. The van der Waals surface area contributed by atoms with Gasteiger partial charge in [-0.25, -0.2) is 18.6 Å². The number of allylic oxidation sites excluding steroid dienone is 1. The minimum Gasteiger partial charge on any atom is -0.460 e. The molecule has 1 aliphatic rings. The third kappa shape index (κ3) is 8.16. The van der Waals surface area contributed by atoms with Crippen molar-refractivity contribution in [1.29, 1.82) is 0 Å². The van der Waals surface area contributed by atoms with E-state index < -0.39 is 45.4 Å². The molecular formula is C24H35N3O6S. The zero-order chi connectivity index (χ0) is 25.5. The largest absolute Gasteiger partial charge is 0.460 e. The summed E-state index contributed by atoms with van der Waals surface area (Å²) < 4.78 is 30.6. The lowest BCUT2D eigenvalue weighted by Crippen LogP contribution is -2.60. The summed E-state index contributed by atoms with van der Waals surface area (Å²) in [5.74, 6) is -3.39. The summed E-state index contributed by atoms with van der Waals surface area (Å²) in [6, 6.07) is 8.58. The maximum Gasteiger partial charge on any atom is 0.350 e. The fourth-order valence-electron chi connectivity index (χ4n) is 3.56. The molecule has 2 atom stereocenters. The lowest BCUT2D eigenvalue weighted by molar-refractivity contribution is -0.164. The van der Waals surface area contributed by atoms with Crippen LogP contribution < -0.4 is 10.7 Å². The van der Waals surface area contributed by atoms with Gasteiger partial charge in [-0.2, -0.15) is 0 Å². The predicted molar refractivity (Wildman–Crippen MR) is 130 cm³/mol. The Labute approximate surface area is 201 Å². The SMILES string of the molecule is CC(C)C[C@H](C(=O)NN1C(=O)NCCS1(=O)=O)[C@H](CC=Cc1ccccc1)C(=O)OC(C)(C)C. The molecular weight excluding hydrogens is 458 g/mol. The Hall–Kier alpha value is -2.88. The number of amides is 3. The van der Waals surface area contributed by atoms with Gasteiger partial charge in [-0.3, -0.25) is 9.59 Å². The highest BCUT2D eigenvalue weighted by Crippen LogP contribution is 2.28. The van der Waals surface area contributed by atoms with Crippen molar-refractivity contribution in [2.45, 2.75) is 53.1 Å². The molecule has 3 amide bonds. The molecule has 188 valence electrons. The first kappa shape index (κ1) is 27.4. The van der Waals surface area contributed by atoms with Gasteiger partial charge in [-0.1, -0.05) is 56.3 Å². The maximum absolute atomic E-state index is 13.3. The molecule has 1 heterocycles. The molecule has 1 aliphatic heterocycles. The van der Waals surface area contributed by atoms with Crippen LogP contribution in [0.15, 0.2) is 36.4 Å². The summed E-state index contributed by atoms with van der Waals surface area (Å²) in [4.78, 5) is 38.6. The first-order chi connectivity index (χ1) is 15.8. The zero-order valence-electron chi connectivity index (χ0n) is 20.4. The van der Waals surface area contributed by atoms with Crippen LogP contribution in [-0.4, -0.2) is 48.6 Å². The summed E-state index contributed by atoms with van der Waals surface area (Å²) in [7, 11) is -4.00. The number of esters is 1. The lowest BCUT2D eigenvalue weighted by Gasteiger charge is -2.32. The fourth-order valence-corrected chi connectivity index (χ4v) is 4.65. The first-order valence-corrected chi connectivity index (χ1v) is 13.0. The molecule has 0 radical (unpaired) electrons. The van der Waals surface area contributed by atoms with Crippen molar-refractivity contribution in [3.8, 4) is 0 Å². The van der Waals surface area contributed by atoms with Crippen molar-refractivity contribution >= 4 is 34.0 Å². The van der Waals surface area contributed by atoms with E-state index >= 15 is 0 Å². The van der Waals surface area contributed by atoms with Crippen molar-refractivity contribution in [3.63, 3.8) is 0 Å². The Bertz CT molecular complexity index is 999. The Morgan fingerprint density at radius 3 is 2.38 bits per heavy atom. The van der Waals surface area contributed by atoms with Crippen LogP contribution in [0.4, 0.5) is 4.79 Å². The quantitative estimate of drug-likeness (QED) is 0.510. The van der Waals surface area contributed by atoms with Crippen LogP contribution in [0.3, 0.4) is 0 Å². The summed E-state index contributed by atoms with van der Waals surface area (Å²) in [6.45, 7) is 8.98. The van der Waals surface area contributed by atoms with Gasteiger partial charge in [0.05, 0.1) is 17.6 Å². The molecule has 0 saturated carbocycles. The van der Waals surface area contributed by atoms with E-state index in [-0.39, 0.29) is 24.6 Å². The number of benzene rings is 1. The van der Waals surface area contributed by atoms with Crippen LogP contribution in [0.25, 0.3) is 6.08 Å². The molecule has 1 aromatic rings. The number of urea groups is 1. The Morgan fingerprint density at radius 2 is 1.82 bits per heavy atom. The van der Waals surface area contributed by atoms with Gasteiger partial charge >= 0.3 is 12.0 Å². The molecule has 10 heteroatoms. The minimum atomic E-state index is -4.00. The first-order valence-electron chi connectivity index (χ1n) is 11.4. The van der Waals surface area contributed by atoms with Gasteiger partial charge in [0.15, 0.2) is 0 Å². The molecule has 1 saturated heterocycles. The van der Waals surface area contributed by atoms with Crippen LogP contribution in [0.2, 0.25) is 0 Å². The second kappa shape index (κ2) is 11.5. The van der Waals surface area contributed by atoms with Gasteiger partial charge in [0.2, 0.25) is 5.91 Å². The van der Waals surface area contributed by atoms with Crippen molar-refractivity contribution in [2.75, 3.05) is 12.3 Å². The Morgan fingerprint density at radius 1 is 1.18 bits per heavy atom. The van der Waals surface area contributed by atoms with Gasteiger partial charge in [0.25, 0.3) is 10.0 Å². The second-order valence-corrected chi connectivity index (χ2v) is 11.7. The maximum atomic E-state index is 13.3. The molecule has 0 spiro atoms. The normalized spacial score (nSPS) is 17.8. The molecule has 2 rings (SSSR count). The number of hydrazine groups is 1. The van der Waals surface area contributed by atoms with Gasteiger partial charge in [-0.15, -0.1) is 4.41 Å². The molecule has 0 bridgehead atoms. The third-order valence-electron chi connectivity index (χ3n) is 5.07. The number of sulfonamides is 1. The van der Waals surface area contributed by atoms with Gasteiger partial charge in [-0.05, 0) is 45.1 Å². The number of carbonyl (C=O) groups is 3. The Balaban J connectivity index is 2.34. The van der Waals surface area contributed by atoms with Crippen LogP contribution in [-0.2, 0) is 24.3 Å². The van der Waals surface area contributed by atoms with Crippen molar-refractivity contribution in [3.05, 3.63) is 42.0 Å². The van der Waals surface area contributed by atoms with Crippen molar-refractivity contribution in [2.24, 2.45) is 17.8 Å². The molecule has 1 aromatic carbocycles. The van der Waals surface area contributed by atoms with Crippen LogP contribution in [0, 0.1) is 17.8 Å². The van der Waals surface area contributed by atoms with E-state index in [0.29, 0.717) is 10.8 Å². The van der Waals surface area contributed by atoms with Crippen molar-refractivity contribution < 1.29 is 27.5 Å². The van der Waals surface area contributed by atoms with E-state index in [9.17, 15) is 22.8 Å². The number of hydrogen-bond donors (Lipinski definition) is 2. The average Bonchev–Trinajstić information content (AvgIpc) is 2.71. The number of nitrogens with one attached hydrogen (secondary N) is 2. The molecule has 2 N–H and O–H groups in total. The van der Waals surface area contributed by atoms with Gasteiger partial charge in [0, 0.05) is 6.54 Å².